The number of aryl methyl sites for hydroxylation is 1. The fourth-order valence-electron chi connectivity index (χ4n) is 7.20. The van der Waals surface area contributed by atoms with Crippen LogP contribution >= 0.6 is 0 Å². The highest BCUT2D eigenvalue weighted by atomic mass is 32.2. The first-order valence-electron chi connectivity index (χ1n) is 19.5. The molecule has 6 rings (SSSR count). The van der Waals surface area contributed by atoms with Gasteiger partial charge in [-0.1, -0.05) is 37.6 Å². The van der Waals surface area contributed by atoms with Gasteiger partial charge >= 0.3 is 0 Å². The molecule has 0 aliphatic carbocycles. The van der Waals surface area contributed by atoms with Crippen molar-refractivity contribution in [1.82, 2.24) is 24.6 Å². The number of imidazole rings is 1. The van der Waals surface area contributed by atoms with E-state index < -0.39 is 9.84 Å². The Bertz CT molecular complexity index is 2260. The molecule has 58 heavy (non-hydrogen) atoms. The summed E-state index contributed by atoms with van der Waals surface area (Å²) in [6, 6.07) is 19.3. The van der Waals surface area contributed by atoms with Crippen LogP contribution in [0.5, 0.6) is 28.9 Å². The zero-order valence-corrected chi connectivity index (χ0v) is 35.5. The second-order valence-corrected chi connectivity index (χ2v) is 17.0. The number of anilines is 1. The van der Waals surface area contributed by atoms with Gasteiger partial charge in [-0.15, -0.1) is 10.2 Å². The van der Waals surface area contributed by atoms with E-state index in [0.717, 1.165) is 52.9 Å². The van der Waals surface area contributed by atoms with Crippen LogP contribution in [0.3, 0.4) is 0 Å². The fraction of sp³-hybridized carbons (Fsp3) is 0.442. The standard InChI is InChI=1S/C43H54N6O8S/c1-9-10-11-39-44-40-41(49(39)23-31-14-12-30(13-15-31)22-48(29(4)50)34-26-58(51,52)27-34)43(57-28(2)3)46-45-42(40)47(24-32-16-18-35(53-5)20-37(32)55-7)25-33-17-19-36(54-6)21-38(33)56-8/h12-21,28,34H,9-11,22-27H2,1-8H3. The molecule has 0 radical (unpaired) electrons. The Hall–Kier alpha value is -5.57. The summed E-state index contributed by atoms with van der Waals surface area (Å²) in [5.41, 5.74) is 5.12. The van der Waals surface area contributed by atoms with Gasteiger partial charge in [0.25, 0.3) is 5.88 Å². The molecule has 310 valence electrons. The molecule has 1 amide bonds. The number of carbonyl (C=O) groups excluding carboxylic acids is 1. The minimum Gasteiger partial charge on any atom is -0.497 e. The van der Waals surface area contributed by atoms with Crippen LogP contribution in [0.4, 0.5) is 5.82 Å². The first-order chi connectivity index (χ1) is 27.9. The minimum absolute atomic E-state index is 0.00325. The SMILES string of the molecule is CCCCc1nc2c(N(Cc3ccc(OC)cc3OC)Cc3ccc(OC)cc3OC)nnc(OC(C)C)c2n1Cc1ccc(CN(C(C)=O)C2CS(=O)(=O)C2)cc1. The number of carbonyl (C=O) groups is 1. The van der Waals surface area contributed by atoms with Crippen molar-refractivity contribution in [2.24, 2.45) is 0 Å². The Morgan fingerprint density at radius 2 is 1.41 bits per heavy atom. The lowest BCUT2D eigenvalue weighted by Crippen LogP contribution is -2.54. The van der Waals surface area contributed by atoms with E-state index in [0.29, 0.717) is 66.4 Å². The summed E-state index contributed by atoms with van der Waals surface area (Å²) in [4.78, 5) is 21.6. The molecule has 15 heteroatoms. The maximum absolute atomic E-state index is 12.5. The van der Waals surface area contributed by atoms with Crippen LogP contribution in [0.1, 0.15) is 68.6 Å². The van der Waals surface area contributed by atoms with E-state index in [4.69, 9.17) is 38.9 Å². The van der Waals surface area contributed by atoms with Crippen molar-refractivity contribution in [1.29, 1.82) is 0 Å². The minimum atomic E-state index is -3.08. The topological polar surface area (TPSA) is 147 Å². The number of aromatic nitrogens is 4. The van der Waals surface area contributed by atoms with E-state index in [1.165, 1.54) is 6.92 Å². The van der Waals surface area contributed by atoms with Crippen molar-refractivity contribution in [3.8, 4) is 28.9 Å². The normalized spacial score (nSPS) is 13.6. The molecule has 1 fully saturated rings. The van der Waals surface area contributed by atoms with Crippen molar-refractivity contribution in [2.45, 2.75) is 85.3 Å². The third-order valence-corrected chi connectivity index (χ3v) is 12.0. The van der Waals surface area contributed by atoms with Gasteiger partial charge in [-0.25, -0.2) is 13.4 Å². The van der Waals surface area contributed by atoms with E-state index in [1.807, 2.05) is 74.5 Å². The van der Waals surface area contributed by atoms with E-state index in [9.17, 15) is 13.2 Å². The second-order valence-electron chi connectivity index (χ2n) is 14.8. The van der Waals surface area contributed by atoms with Crippen LogP contribution in [0, 0.1) is 0 Å². The molecule has 3 heterocycles. The van der Waals surface area contributed by atoms with Gasteiger partial charge in [0.05, 0.1) is 52.1 Å². The second kappa shape index (κ2) is 18.3. The zero-order chi connectivity index (χ0) is 41.6. The van der Waals surface area contributed by atoms with E-state index >= 15 is 0 Å². The summed E-state index contributed by atoms with van der Waals surface area (Å²) in [6.07, 6.45) is 2.45. The number of amides is 1. The van der Waals surface area contributed by atoms with Crippen LogP contribution in [-0.4, -0.2) is 91.1 Å². The van der Waals surface area contributed by atoms with E-state index in [2.05, 4.69) is 16.4 Å². The number of nitrogens with zero attached hydrogens (tertiary/aromatic N) is 6. The Balaban J connectivity index is 1.45. The molecule has 0 spiro atoms. The molecule has 0 N–H and O–H groups in total. The molecular weight excluding hydrogens is 761 g/mol. The number of hydrogen-bond donors (Lipinski definition) is 0. The molecule has 5 aromatic rings. The first-order valence-corrected chi connectivity index (χ1v) is 21.3. The fourth-order valence-corrected chi connectivity index (χ4v) is 8.63. The molecule has 2 aromatic heterocycles. The quantitative estimate of drug-likeness (QED) is 0.0910. The van der Waals surface area contributed by atoms with Gasteiger partial charge in [0.2, 0.25) is 5.91 Å². The molecule has 14 nitrogen and oxygen atoms in total. The van der Waals surface area contributed by atoms with Crippen LogP contribution in [0.2, 0.25) is 0 Å². The summed E-state index contributed by atoms with van der Waals surface area (Å²) >= 11 is 0. The predicted octanol–water partition coefficient (Wildman–Crippen LogP) is 6.39. The number of sulfone groups is 1. The summed E-state index contributed by atoms with van der Waals surface area (Å²) < 4.78 is 55.0. The summed E-state index contributed by atoms with van der Waals surface area (Å²) in [5.74, 6) is 4.38. The highest BCUT2D eigenvalue weighted by Crippen LogP contribution is 2.37. The lowest BCUT2D eigenvalue weighted by molar-refractivity contribution is -0.131. The highest BCUT2D eigenvalue weighted by Gasteiger charge is 2.38. The average Bonchev–Trinajstić information content (AvgIpc) is 3.56. The predicted molar refractivity (Wildman–Crippen MR) is 223 cm³/mol. The number of unbranched alkanes of at least 4 members (excludes halogenated alkanes) is 1. The number of benzene rings is 3. The lowest BCUT2D eigenvalue weighted by Gasteiger charge is -2.36. The summed E-state index contributed by atoms with van der Waals surface area (Å²) in [5, 5.41) is 9.57. The number of rotatable bonds is 19. The third kappa shape index (κ3) is 9.58. The van der Waals surface area contributed by atoms with Gasteiger partial charge < -0.3 is 38.1 Å². The largest absolute Gasteiger partial charge is 0.497 e. The highest BCUT2D eigenvalue weighted by molar-refractivity contribution is 7.92. The molecule has 1 aliphatic rings. The van der Waals surface area contributed by atoms with Gasteiger partial charge in [-0.2, -0.15) is 0 Å². The molecule has 1 aliphatic heterocycles. The van der Waals surface area contributed by atoms with Crippen LogP contribution in [-0.2, 0) is 47.2 Å². The van der Waals surface area contributed by atoms with Crippen molar-refractivity contribution in [3.05, 3.63) is 88.7 Å². The van der Waals surface area contributed by atoms with Gasteiger partial charge in [0, 0.05) is 62.8 Å². The van der Waals surface area contributed by atoms with Crippen LogP contribution in [0.15, 0.2) is 60.7 Å². The molecule has 3 aromatic carbocycles. The molecule has 0 atom stereocenters. The maximum Gasteiger partial charge on any atom is 0.260 e. The molecular formula is C43H54N6O8S. The Morgan fingerprint density at radius 3 is 1.91 bits per heavy atom. The molecule has 0 bridgehead atoms. The number of fused-ring (bicyclic) bond motifs is 1. The third-order valence-electron chi connectivity index (χ3n) is 10.3. The summed E-state index contributed by atoms with van der Waals surface area (Å²) in [7, 11) is 3.45. The monoisotopic (exact) mass is 814 g/mol. The molecule has 0 saturated carbocycles. The van der Waals surface area contributed by atoms with E-state index in [-0.39, 0.29) is 29.6 Å². The van der Waals surface area contributed by atoms with Crippen LogP contribution in [0.25, 0.3) is 11.0 Å². The van der Waals surface area contributed by atoms with E-state index in [1.54, 1.807) is 33.3 Å². The van der Waals surface area contributed by atoms with Gasteiger partial charge in [-0.3, -0.25) is 4.79 Å². The number of hydrogen-bond acceptors (Lipinski definition) is 12. The Labute approximate surface area is 340 Å². The first kappa shape index (κ1) is 42.0. The zero-order valence-electron chi connectivity index (χ0n) is 34.6. The Kier molecular flexibility index (Phi) is 13.3. The van der Waals surface area contributed by atoms with Gasteiger partial charge in [-0.05, 0) is 55.7 Å². The van der Waals surface area contributed by atoms with Crippen molar-refractivity contribution in [3.63, 3.8) is 0 Å². The average molecular weight is 815 g/mol. The van der Waals surface area contributed by atoms with Gasteiger partial charge in [0.15, 0.2) is 15.7 Å². The van der Waals surface area contributed by atoms with Crippen molar-refractivity contribution < 1.29 is 36.9 Å². The maximum atomic E-state index is 12.5. The summed E-state index contributed by atoms with van der Waals surface area (Å²) in [6.45, 7) is 9.15. The molecule has 0 unspecified atom stereocenters. The van der Waals surface area contributed by atoms with Crippen LogP contribution < -0.4 is 28.6 Å². The van der Waals surface area contributed by atoms with Gasteiger partial charge in [0.1, 0.15) is 39.9 Å². The molecule has 1 saturated heterocycles. The van der Waals surface area contributed by atoms with Crippen molar-refractivity contribution in [2.75, 3.05) is 44.8 Å². The number of methoxy groups -OCH3 is 4. The Morgan fingerprint density at radius 1 is 0.828 bits per heavy atom. The lowest BCUT2D eigenvalue weighted by atomic mass is 10.1. The van der Waals surface area contributed by atoms with Crippen molar-refractivity contribution >= 4 is 32.6 Å². The smallest absolute Gasteiger partial charge is 0.260 e. The number of ether oxygens (including phenoxy) is 5.